The van der Waals surface area contributed by atoms with Gasteiger partial charge in [-0.1, -0.05) is 13.8 Å². The van der Waals surface area contributed by atoms with Crippen LogP contribution in [0.3, 0.4) is 0 Å². The highest BCUT2D eigenvalue weighted by molar-refractivity contribution is 8.16. The van der Waals surface area contributed by atoms with E-state index in [9.17, 15) is 23.3 Å². The minimum atomic E-state index is -3.79. The van der Waals surface area contributed by atoms with Crippen molar-refractivity contribution in [3.8, 4) is 11.3 Å². The Morgan fingerprint density at radius 2 is 1.94 bits per heavy atom. The molecule has 2 aliphatic rings. The zero-order valence-corrected chi connectivity index (χ0v) is 19.0. The van der Waals surface area contributed by atoms with Gasteiger partial charge in [-0.2, -0.15) is 9.39 Å². The molecule has 3 heterocycles. The molecule has 0 spiro atoms. The van der Waals surface area contributed by atoms with Crippen LogP contribution in [0.5, 0.6) is 0 Å². The SMILES string of the molecule is CC(C)CS(=O)(=O)C1=NSC2=NC(=O)/C(=C\c3ccc(-c4ccc([N+](=O)[O-])cc4)o3)C(=N)N21. The molecule has 33 heavy (non-hydrogen) atoms. The highest BCUT2D eigenvalue weighted by Crippen LogP contribution is 2.31. The number of amides is 1. The summed E-state index contributed by atoms with van der Waals surface area (Å²) in [4.78, 5) is 27.8. The average Bonchev–Trinajstić information content (AvgIpc) is 3.38. The van der Waals surface area contributed by atoms with E-state index >= 15 is 0 Å². The molecule has 13 heteroatoms. The number of furan rings is 1. The molecule has 0 atom stereocenters. The Bertz CT molecular complexity index is 1370. The monoisotopic (exact) mass is 487 g/mol. The molecule has 2 aromatic rings. The lowest BCUT2D eigenvalue weighted by Crippen LogP contribution is -2.46. The fraction of sp³-hybridized carbons (Fsp3) is 0.200. The third-order valence-corrected chi connectivity index (χ3v) is 7.35. The van der Waals surface area contributed by atoms with Crippen molar-refractivity contribution < 1.29 is 22.6 Å². The number of nitrogens with zero attached hydrogens (tertiary/aromatic N) is 4. The topological polar surface area (TPSA) is 159 Å². The first-order valence-electron chi connectivity index (χ1n) is 9.63. The van der Waals surface area contributed by atoms with Crippen LogP contribution in [-0.4, -0.2) is 46.1 Å². The summed E-state index contributed by atoms with van der Waals surface area (Å²) in [6, 6.07) is 8.92. The highest BCUT2D eigenvalue weighted by atomic mass is 32.2. The number of sulfone groups is 1. The molecule has 170 valence electrons. The molecule has 0 aliphatic carbocycles. The number of carbonyl (C=O) groups excluding carboxylic acids is 1. The molecule has 1 aromatic heterocycles. The van der Waals surface area contributed by atoms with Crippen molar-refractivity contribution in [1.29, 1.82) is 5.41 Å². The van der Waals surface area contributed by atoms with Gasteiger partial charge in [0, 0.05) is 17.7 Å². The maximum absolute atomic E-state index is 12.7. The van der Waals surface area contributed by atoms with Gasteiger partial charge in [-0.05, 0) is 36.3 Å². The average molecular weight is 488 g/mol. The van der Waals surface area contributed by atoms with Crippen LogP contribution in [-0.2, 0) is 14.6 Å². The molecule has 1 amide bonds. The third-order valence-electron chi connectivity index (χ3n) is 4.60. The summed E-state index contributed by atoms with van der Waals surface area (Å²) < 4.78 is 35.1. The van der Waals surface area contributed by atoms with Crippen LogP contribution in [0, 0.1) is 21.4 Å². The first-order valence-corrected chi connectivity index (χ1v) is 12.1. The molecule has 1 aromatic carbocycles. The van der Waals surface area contributed by atoms with Crippen molar-refractivity contribution in [2.24, 2.45) is 15.3 Å². The van der Waals surface area contributed by atoms with Crippen LogP contribution in [0.15, 0.2) is 55.8 Å². The number of benzene rings is 1. The van der Waals surface area contributed by atoms with Crippen LogP contribution in [0.4, 0.5) is 5.69 Å². The Balaban J connectivity index is 1.63. The van der Waals surface area contributed by atoms with Gasteiger partial charge in [0.1, 0.15) is 17.4 Å². The molecule has 2 aliphatic heterocycles. The summed E-state index contributed by atoms with van der Waals surface area (Å²) >= 11 is 0.733. The van der Waals surface area contributed by atoms with Crippen molar-refractivity contribution in [1.82, 2.24) is 4.90 Å². The predicted molar refractivity (Wildman–Crippen MR) is 124 cm³/mol. The van der Waals surface area contributed by atoms with E-state index in [1.165, 1.54) is 30.3 Å². The fourth-order valence-electron chi connectivity index (χ4n) is 3.19. The molecular formula is C20H17N5O6S2. The van der Waals surface area contributed by atoms with Crippen LogP contribution in [0.25, 0.3) is 17.4 Å². The van der Waals surface area contributed by atoms with Crippen LogP contribution >= 0.6 is 11.9 Å². The van der Waals surface area contributed by atoms with Gasteiger partial charge in [0.15, 0.2) is 0 Å². The summed E-state index contributed by atoms with van der Waals surface area (Å²) in [5.74, 6) is -0.771. The van der Waals surface area contributed by atoms with E-state index in [0.717, 1.165) is 16.8 Å². The largest absolute Gasteiger partial charge is 0.457 e. The smallest absolute Gasteiger partial charge is 0.283 e. The highest BCUT2D eigenvalue weighted by Gasteiger charge is 2.42. The summed E-state index contributed by atoms with van der Waals surface area (Å²) in [5, 5.41) is 19.0. The molecule has 0 radical (unpaired) electrons. The molecule has 0 saturated heterocycles. The van der Waals surface area contributed by atoms with Crippen molar-refractivity contribution in [3.63, 3.8) is 0 Å². The van der Waals surface area contributed by atoms with Gasteiger partial charge in [0.05, 0.1) is 28.2 Å². The maximum Gasteiger partial charge on any atom is 0.283 e. The van der Waals surface area contributed by atoms with Gasteiger partial charge < -0.3 is 4.42 Å². The molecule has 11 nitrogen and oxygen atoms in total. The normalized spacial score (nSPS) is 17.4. The zero-order valence-electron chi connectivity index (χ0n) is 17.4. The minimum absolute atomic E-state index is 0.00972. The quantitative estimate of drug-likeness (QED) is 0.290. The number of non-ortho nitro benzene ring substituents is 1. The number of nitro groups is 1. The van der Waals surface area contributed by atoms with Gasteiger partial charge in [-0.25, -0.2) is 13.3 Å². The number of hydrogen-bond donors (Lipinski definition) is 1. The van der Waals surface area contributed by atoms with E-state index in [1.807, 2.05) is 0 Å². The van der Waals surface area contributed by atoms with E-state index < -0.39 is 20.7 Å². The van der Waals surface area contributed by atoms with Crippen LogP contribution < -0.4 is 0 Å². The summed E-state index contributed by atoms with van der Waals surface area (Å²) in [6.07, 6.45) is 1.30. The van der Waals surface area contributed by atoms with Crippen molar-refractivity contribution >= 4 is 55.6 Å². The lowest BCUT2D eigenvalue weighted by atomic mass is 10.1. The third kappa shape index (κ3) is 4.36. The Hall–Kier alpha value is -3.58. The van der Waals surface area contributed by atoms with E-state index in [-0.39, 0.29) is 44.9 Å². The van der Waals surface area contributed by atoms with Gasteiger partial charge in [0.25, 0.3) is 11.6 Å². The van der Waals surface area contributed by atoms with E-state index in [0.29, 0.717) is 11.3 Å². The number of fused-ring (bicyclic) bond motifs is 1. The van der Waals surface area contributed by atoms with Gasteiger partial charge in [-0.3, -0.25) is 20.3 Å². The van der Waals surface area contributed by atoms with Gasteiger partial charge in [-0.15, -0.1) is 0 Å². The van der Waals surface area contributed by atoms with Crippen molar-refractivity contribution in [3.05, 3.63) is 57.8 Å². The minimum Gasteiger partial charge on any atom is -0.457 e. The van der Waals surface area contributed by atoms with Gasteiger partial charge >= 0.3 is 0 Å². The number of nitro benzene ring substituents is 1. The van der Waals surface area contributed by atoms with Crippen LogP contribution in [0.2, 0.25) is 0 Å². The Labute approximate surface area is 192 Å². The number of amidine groups is 3. The maximum atomic E-state index is 12.7. The molecule has 0 unspecified atom stereocenters. The van der Waals surface area contributed by atoms with Crippen molar-refractivity contribution in [2.45, 2.75) is 13.8 Å². The number of rotatable bonds is 5. The second kappa shape index (κ2) is 8.41. The Morgan fingerprint density at radius 3 is 2.58 bits per heavy atom. The second-order valence-electron chi connectivity index (χ2n) is 7.59. The van der Waals surface area contributed by atoms with E-state index in [2.05, 4.69) is 9.39 Å². The fourth-order valence-corrected chi connectivity index (χ4v) is 5.92. The first-order chi connectivity index (χ1) is 15.6. The van der Waals surface area contributed by atoms with Crippen LogP contribution in [0.1, 0.15) is 19.6 Å². The summed E-state index contributed by atoms with van der Waals surface area (Å²) in [5.41, 5.74) is 0.370. The van der Waals surface area contributed by atoms with E-state index in [1.54, 1.807) is 26.0 Å². The number of hydrogen-bond acceptors (Lipinski definition) is 9. The number of carbonyl (C=O) groups is 1. The molecule has 4 rings (SSSR count). The van der Waals surface area contributed by atoms with Gasteiger partial charge in [0.2, 0.25) is 20.2 Å². The zero-order chi connectivity index (χ0) is 23.9. The number of nitrogens with one attached hydrogen (secondary N) is 1. The standard InChI is InChI=1S/C20H17N5O6S2/c1-11(2)10-33(29,30)20-23-32-19-22-18(26)15(17(21)24(19)20)9-14-7-8-16(31-14)12-3-5-13(6-4-12)25(27)28/h3-9,11,21H,10H2,1-2H3/b15-9-,21-17?. The molecule has 1 N–H and O–H groups in total. The first kappa shape index (κ1) is 22.6. The molecule has 0 bridgehead atoms. The molecular weight excluding hydrogens is 470 g/mol. The summed E-state index contributed by atoms with van der Waals surface area (Å²) in [6.45, 7) is 3.51. The lowest BCUT2D eigenvalue weighted by Gasteiger charge is -2.24. The summed E-state index contributed by atoms with van der Waals surface area (Å²) in [7, 11) is -3.79. The second-order valence-corrected chi connectivity index (χ2v) is 10.2. The van der Waals surface area contributed by atoms with E-state index in [4.69, 9.17) is 9.83 Å². The molecule has 0 fully saturated rings. The van der Waals surface area contributed by atoms with Crippen molar-refractivity contribution in [2.75, 3.05) is 5.75 Å². The molecule has 0 saturated carbocycles. The number of aliphatic imine (C=N–C) groups is 1. The lowest BCUT2D eigenvalue weighted by molar-refractivity contribution is -0.384. The Kier molecular flexibility index (Phi) is 5.76. The Morgan fingerprint density at radius 1 is 1.24 bits per heavy atom. The predicted octanol–water partition coefficient (Wildman–Crippen LogP) is 3.50.